The van der Waals surface area contributed by atoms with Gasteiger partial charge in [0.1, 0.15) is 18.0 Å². The van der Waals surface area contributed by atoms with Gasteiger partial charge in [-0.25, -0.2) is 15.8 Å². The minimum absolute atomic E-state index is 0.651. The largest absolute Gasteiger partial charge is 0.355 e. The van der Waals surface area contributed by atoms with Crippen LogP contribution in [-0.4, -0.2) is 17.0 Å². The van der Waals surface area contributed by atoms with E-state index in [1.165, 1.54) is 11.9 Å². The van der Waals surface area contributed by atoms with Crippen LogP contribution in [-0.2, 0) is 6.54 Å². The quantitative estimate of drug-likeness (QED) is 0.667. The fraction of sp³-hybridized carbons (Fsp3) is 0.273. The summed E-state index contributed by atoms with van der Waals surface area (Å²) in [6, 6.07) is 2.11. The van der Waals surface area contributed by atoms with Gasteiger partial charge in [0.2, 0.25) is 0 Å². The van der Waals surface area contributed by atoms with Gasteiger partial charge in [0.15, 0.2) is 0 Å². The molecule has 7 heteroatoms. The second-order valence-electron chi connectivity index (χ2n) is 3.93. The second-order valence-corrected chi connectivity index (χ2v) is 6.22. The zero-order valence-corrected chi connectivity index (χ0v) is 12.5. The van der Waals surface area contributed by atoms with Crippen LogP contribution in [0.3, 0.4) is 0 Å². The predicted molar refractivity (Wildman–Crippen MR) is 78.7 cm³/mol. The number of nitrogens with two attached hydrogens (primary N) is 1. The zero-order valence-electron chi connectivity index (χ0n) is 10.1. The van der Waals surface area contributed by atoms with E-state index in [0.29, 0.717) is 5.82 Å². The zero-order chi connectivity index (χ0) is 13.1. The number of hydrazine groups is 1. The van der Waals surface area contributed by atoms with Gasteiger partial charge >= 0.3 is 0 Å². The monoisotopic (exact) mass is 327 g/mol. The van der Waals surface area contributed by atoms with Crippen LogP contribution in [0, 0.1) is 6.92 Å². The molecular weight excluding hydrogens is 314 g/mol. The van der Waals surface area contributed by atoms with Gasteiger partial charge in [0.25, 0.3) is 0 Å². The molecule has 0 aliphatic carbocycles. The smallest absolute Gasteiger partial charge is 0.148 e. The van der Waals surface area contributed by atoms with Gasteiger partial charge in [0, 0.05) is 19.2 Å². The Labute approximate surface area is 118 Å². The molecule has 96 valence electrons. The predicted octanol–water partition coefficient (Wildman–Crippen LogP) is 2.53. The van der Waals surface area contributed by atoms with Crippen LogP contribution in [0.15, 0.2) is 21.6 Å². The Morgan fingerprint density at radius 1 is 1.50 bits per heavy atom. The number of aromatic nitrogens is 2. The van der Waals surface area contributed by atoms with E-state index < -0.39 is 0 Å². The Morgan fingerprint density at radius 2 is 2.28 bits per heavy atom. The Morgan fingerprint density at radius 3 is 2.89 bits per heavy atom. The molecule has 18 heavy (non-hydrogen) atoms. The third-order valence-corrected chi connectivity index (χ3v) is 4.15. The number of anilines is 2. The molecule has 3 N–H and O–H groups in total. The summed E-state index contributed by atoms with van der Waals surface area (Å²) in [6.45, 7) is 2.74. The topological polar surface area (TPSA) is 67.1 Å². The lowest BCUT2D eigenvalue weighted by molar-refractivity contribution is 0.885. The fourth-order valence-corrected chi connectivity index (χ4v) is 2.95. The van der Waals surface area contributed by atoms with Crippen molar-refractivity contribution in [1.82, 2.24) is 9.97 Å². The average molecular weight is 328 g/mol. The maximum atomic E-state index is 5.41. The summed E-state index contributed by atoms with van der Waals surface area (Å²) in [5.74, 6) is 6.94. The highest BCUT2D eigenvalue weighted by Gasteiger charge is 2.11. The first-order valence-corrected chi connectivity index (χ1v) is 7.01. The molecular formula is C11H14BrN5S. The number of nitrogens with one attached hydrogen (secondary N) is 1. The van der Waals surface area contributed by atoms with E-state index in [4.69, 9.17) is 5.84 Å². The van der Waals surface area contributed by atoms with Crippen LogP contribution < -0.4 is 16.2 Å². The summed E-state index contributed by atoms with van der Waals surface area (Å²) in [7, 11) is 2.00. The summed E-state index contributed by atoms with van der Waals surface area (Å²) in [6.07, 6.45) is 1.51. The minimum atomic E-state index is 0.651. The molecule has 2 heterocycles. The number of thiophene rings is 1. The molecule has 5 nitrogen and oxygen atoms in total. The standard InChI is InChI=1S/C11H14BrN5S/c1-7-10(16-13)14-6-15-11(7)17(2)4-8-3-9(12)18-5-8/h3,5-6H,4,13H2,1-2H3,(H,14,15,16). The Bertz CT molecular complexity index is 542. The lowest BCUT2D eigenvalue weighted by atomic mass is 10.2. The molecule has 0 saturated heterocycles. The van der Waals surface area contributed by atoms with Gasteiger partial charge in [-0.3, -0.25) is 0 Å². The van der Waals surface area contributed by atoms with Crippen molar-refractivity contribution >= 4 is 38.9 Å². The number of nitrogens with zero attached hydrogens (tertiary/aromatic N) is 3. The van der Waals surface area contributed by atoms with E-state index in [1.807, 2.05) is 14.0 Å². The fourth-order valence-electron chi connectivity index (χ4n) is 1.75. The molecule has 0 radical (unpaired) electrons. The van der Waals surface area contributed by atoms with Crippen molar-refractivity contribution in [3.8, 4) is 0 Å². The first kappa shape index (κ1) is 13.3. The summed E-state index contributed by atoms with van der Waals surface area (Å²) in [5, 5.41) is 2.12. The van der Waals surface area contributed by atoms with Crippen molar-refractivity contribution in [2.75, 3.05) is 17.4 Å². The van der Waals surface area contributed by atoms with Crippen molar-refractivity contribution in [3.63, 3.8) is 0 Å². The van der Waals surface area contributed by atoms with Gasteiger partial charge < -0.3 is 10.3 Å². The van der Waals surface area contributed by atoms with Crippen LogP contribution in [0.5, 0.6) is 0 Å². The van der Waals surface area contributed by atoms with Crippen molar-refractivity contribution in [2.24, 2.45) is 5.84 Å². The van der Waals surface area contributed by atoms with E-state index in [1.54, 1.807) is 11.3 Å². The van der Waals surface area contributed by atoms with Crippen LogP contribution in [0.1, 0.15) is 11.1 Å². The average Bonchev–Trinajstić information content (AvgIpc) is 2.75. The third kappa shape index (κ3) is 2.80. The second kappa shape index (κ2) is 5.64. The highest BCUT2D eigenvalue weighted by Crippen LogP contribution is 2.25. The SMILES string of the molecule is Cc1c(NN)ncnc1N(C)Cc1csc(Br)c1. The van der Waals surface area contributed by atoms with Crippen molar-refractivity contribution in [1.29, 1.82) is 0 Å². The van der Waals surface area contributed by atoms with E-state index in [9.17, 15) is 0 Å². The summed E-state index contributed by atoms with van der Waals surface area (Å²) in [4.78, 5) is 10.4. The van der Waals surface area contributed by atoms with E-state index in [0.717, 1.165) is 21.7 Å². The molecule has 0 fully saturated rings. The Balaban J connectivity index is 2.21. The van der Waals surface area contributed by atoms with E-state index in [2.05, 4.69) is 47.7 Å². The first-order valence-electron chi connectivity index (χ1n) is 5.34. The maximum absolute atomic E-state index is 5.41. The lowest BCUT2D eigenvalue weighted by Crippen LogP contribution is -2.20. The highest BCUT2D eigenvalue weighted by atomic mass is 79.9. The van der Waals surface area contributed by atoms with E-state index in [-0.39, 0.29) is 0 Å². The van der Waals surface area contributed by atoms with Gasteiger partial charge in [-0.05, 0) is 39.9 Å². The summed E-state index contributed by atoms with van der Waals surface area (Å²) in [5.41, 5.74) is 4.76. The molecule has 0 spiro atoms. The minimum Gasteiger partial charge on any atom is -0.355 e. The van der Waals surface area contributed by atoms with Gasteiger partial charge in [-0.15, -0.1) is 11.3 Å². The molecule has 0 amide bonds. The molecule has 0 saturated carbocycles. The van der Waals surface area contributed by atoms with Gasteiger partial charge in [-0.1, -0.05) is 0 Å². The van der Waals surface area contributed by atoms with Crippen LogP contribution in [0.2, 0.25) is 0 Å². The van der Waals surface area contributed by atoms with Gasteiger partial charge in [0.05, 0.1) is 3.79 Å². The lowest BCUT2D eigenvalue weighted by Gasteiger charge is -2.20. The number of rotatable bonds is 4. The number of halogens is 1. The normalized spacial score (nSPS) is 10.4. The molecule has 0 bridgehead atoms. The number of hydrogen-bond acceptors (Lipinski definition) is 6. The van der Waals surface area contributed by atoms with Gasteiger partial charge in [-0.2, -0.15) is 0 Å². The molecule has 0 atom stereocenters. The highest BCUT2D eigenvalue weighted by molar-refractivity contribution is 9.11. The van der Waals surface area contributed by atoms with Crippen LogP contribution in [0.25, 0.3) is 0 Å². The molecule has 0 unspecified atom stereocenters. The summed E-state index contributed by atoms with van der Waals surface area (Å²) >= 11 is 5.14. The Kier molecular flexibility index (Phi) is 4.15. The number of hydrogen-bond donors (Lipinski definition) is 2. The van der Waals surface area contributed by atoms with Crippen molar-refractivity contribution < 1.29 is 0 Å². The third-order valence-electron chi connectivity index (χ3n) is 2.60. The van der Waals surface area contributed by atoms with Crippen molar-refractivity contribution in [2.45, 2.75) is 13.5 Å². The molecule has 0 aliphatic rings. The molecule has 0 aromatic carbocycles. The Hall–Kier alpha value is -1.18. The summed E-state index contributed by atoms with van der Waals surface area (Å²) < 4.78 is 1.13. The molecule has 2 rings (SSSR count). The molecule has 2 aromatic heterocycles. The van der Waals surface area contributed by atoms with Crippen LogP contribution >= 0.6 is 27.3 Å². The van der Waals surface area contributed by atoms with Crippen LogP contribution in [0.4, 0.5) is 11.6 Å². The van der Waals surface area contributed by atoms with Crippen molar-refractivity contribution in [3.05, 3.63) is 32.7 Å². The first-order chi connectivity index (χ1) is 8.61. The number of nitrogen functional groups attached to an aromatic ring is 1. The molecule has 0 aliphatic heterocycles. The van der Waals surface area contributed by atoms with E-state index >= 15 is 0 Å². The maximum Gasteiger partial charge on any atom is 0.148 e. The molecule has 2 aromatic rings.